The molecule has 0 bridgehead atoms. The first-order valence-corrected chi connectivity index (χ1v) is 10.2. The summed E-state index contributed by atoms with van der Waals surface area (Å²) >= 11 is 1.30. The Morgan fingerprint density at radius 2 is 2.00 bits per heavy atom. The average molecular weight is 405 g/mol. The van der Waals surface area contributed by atoms with Crippen LogP contribution >= 0.6 is 11.8 Å². The third kappa shape index (κ3) is 5.09. The van der Waals surface area contributed by atoms with E-state index in [0.29, 0.717) is 11.0 Å². The number of thioether (sulfide) groups is 1. The number of hydrogen-bond acceptors (Lipinski definition) is 5. The molecule has 1 saturated carbocycles. The minimum Gasteiger partial charge on any atom is -0.352 e. The summed E-state index contributed by atoms with van der Waals surface area (Å²) in [6.07, 6.45) is 4.35. The van der Waals surface area contributed by atoms with E-state index in [2.05, 4.69) is 20.8 Å². The quantitative estimate of drug-likeness (QED) is 0.692. The van der Waals surface area contributed by atoms with E-state index >= 15 is 0 Å². The molecule has 150 valence electrons. The van der Waals surface area contributed by atoms with Gasteiger partial charge in [0.15, 0.2) is 5.16 Å². The number of anilines is 1. The number of carbonyl (C=O) groups excluding carboxylic acids is 2. The molecule has 1 aliphatic rings. The van der Waals surface area contributed by atoms with Crippen LogP contribution in [0.3, 0.4) is 0 Å². The molecule has 1 heterocycles. The SMILES string of the molecule is CC(Sc1nnc(CC(=O)Nc2ccccc2F)n1C)C(=O)NC1CCCC1. The van der Waals surface area contributed by atoms with Crippen molar-refractivity contribution in [2.45, 2.75) is 55.5 Å². The fourth-order valence-corrected chi connectivity index (χ4v) is 3.95. The Kier molecular flexibility index (Phi) is 6.66. The van der Waals surface area contributed by atoms with Crippen molar-refractivity contribution in [3.8, 4) is 0 Å². The zero-order valence-electron chi connectivity index (χ0n) is 15.9. The van der Waals surface area contributed by atoms with E-state index in [9.17, 15) is 14.0 Å². The van der Waals surface area contributed by atoms with E-state index in [1.807, 2.05) is 6.92 Å². The van der Waals surface area contributed by atoms with E-state index in [4.69, 9.17) is 0 Å². The monoisotopic (exact) mass is 405 g/mol. The van der Waals surface area contributed by atoms with Crippen LogP contribution in [0.5, 0.6) is 0 Å². The maximum absolute atomic E-state index is 13.6. The molecule has 7 nitrogen and oxygen atoms in total. The number of carbonyl (C=O) groups is 2. The lowest BCUT2D eigenvalue weighted by atomic mass is 10.2. The lowest BCUT2D eigenvalue weighted by Crippen LogP contribution is -2.37. The molecule has 0 saturated heterocycles. The molecule has 1 aliphatic carbocycles. The Morgan fingerprint density at radius 1 is 1.29 bits per heavy atom. The number of nitrogens with one attached hydrogen (secondary N) is 2. The molecule has 0 aliphatic heterocycles. The van der Waals surface area contributed by atoms with Crippen molar-refractivity contribution in [2.24, 2.45) is 7.05 Å². The third-order valence-electron chi connectivity index (χ3n) is 4.74. The molecule has 1 atom stereocenters. The van der Waals surface area contributed by atoms with Crippen molar-refractivity contribution >= 4 is 29.3 Å². The number of nitrogens with zero attached hydrogens (tertiary/aromatic N) is 3. The van der Waals surface area contributed by atoms with Crippen LogP contribution in [0.1, 0.15) is 38.4 Å². The van der Waals surface area contributed by atoms with Crippen molar-refractivity contribution in [1.82, 2.24) is 20.1 Å². The highest BCUT2D eigenvalue weighted by atomic mass is 32.2. The van der Waals surface area contributed by atoms with Gasteiger partial charge >= 0.3 is 0 Å². The summed E-state index contributed by atoms with van der Waals surface area (Å²) in [4.78, 5) is 24.5. The number of amides is 2. The van der Waals surface area contributed by atoms with Gasteiger partial charge in [-0.25, -0.2) is 4.39 Å². The normalized spacial score (nSPS) is 15.4. The van der Waals surface area contributed by atoms with Crippen LogP contribution in [0.2, 0.25) is 0 Å². The van der Waals surface area contributed by atoms with Gasteiger partial charge < -0.3 is 15.2 Å². The molecular formula is C19H24FN5O2S. The molecule has 2 aromatic rings. The molecule has 1 fully saturated rings. The predicted octanol–water partition coefficient (Wildman–Crippen LogP) is 2.67. The number of rotatable bonds is 7. The third-order valence-corrected chi connectivity index (χ3v) is 5.88. The fraction of sp³-hybridized carbons (Fsp3) is 0.474. The molecule has 2 amide bonds. The number of para-hydroxylation sites is 1. The van der Waals surface area contributed by atoms with Crippen LogP contribution in [0.4, 0.5) is 10.1 Å². The Morgan fingerprint density at radius 3 is 2.71 bits per heavy atom. The van der Waals surface area contributed by atoms with E-state index in [1.54, 1.807) is 23.7 Å². The molecule has 9 heteroatoms. The topological polar surface area (TPSA) is 88.9 Å². The van der Waals surface area contributed by atoms with Crippen molar-refractivity contribution in [3.05, 3.63) is 35.9 Å². The van der Waals surface area contributed by atoms with Gasteiger partial charge in [0.05, 0.1) is 17.4 Å². The van der Waals surface area contributed by atoms with E-state index < -0.39 is 5.82 Å². The number of aromatic nitrogens is 3. The molecule has 3 rings (SSSR count). The highest BCUT2D eigenvalue weighted by Gasteiger charge is 2.23. The zero-order chi connectivity index (χ0) is 20.1. The first-order chi connectivity index (χ1) is 13.4. The Bertz CT molecular complexity index is 851. The predicted molar refractivity (Wildman–Crippen MR) is 105 cm³/mol. The number of hydrogen-bond donors (Lipinski definition) is 2. The Labute approximate surface area is 167 Å². The second kappa shape index (κ2) is 9.18. The molecule has 0 spiro atoms. The van der Waals surface area contributed by atoms with Crippen molar-refractivity contribution < 1.29 is 14.0 Å². The summed E-state index contributed by atoms with van der Waals surface area (Å²) < 4.78 is 15.3. The van der Waals surface area contributed by atoms with Gasteiger partial charge in [0, 0.05) is 13.1 Å². The summed E-state index contributed by atoms with van der Waals surface area (Å²) in [7, 11) is 1.75. The molecule has 0 radical (unpaired) electrons. The Hall–Kier alpha value is -2.42. The zero-order valence-corrected chi connectivity index (χ0v) is 16.8. The van der Waals surface area contributed by atoms with Gasteiger partial charge in [-0.1, -0.05) is 36.7 Å². The van der Waals surface area contributed by atoms with E-state index in [0.717, 1.165) is 25.7 Å². The first-order valence-electron chi connectivity index (χ1n) is 9.33. The van der Waals surface area contributed by atoms with Crippen LogP contribution in [0, 0.1) is 5.82 Å². The molecule has 2 N–H and O–H groups in total. The van der Waals surface area contributed by atoms with Gasteiger partial charge in [-0.3, -0.25) is 9.59 Å². The van der Waals surface area contributed by atoms with Gasteiger partial charge in [0.1, 0.15) is 11.6 Å². The minimum atomic E-state index is -0.493. The fourth-order valence-electron chi connectivity index (χ4n) is 3.10. The van der Waals surface area contributed by atoms with Crippen LogP contribution < -0.4 is 10.6 Å². The van der Waals surface area contributed by atoms with E-state index in [-0.39, 0.29) is 35.2 Å². The Balaban J connectivity index is 1.56. The number of halogens is 1. The van der Waals surface area contributed by atoms with E-state index in [1.165, 1.54) is 23.9 Å². The van der Waals surface area contributed by atoms with Crippen molar-refractivity contribution in [2.75, 3.05) is 5.32 Å². The lowest BCUT2D eigenvalue weighted by molar-refractivity contribution is -0.121. The van der Waals surface area contributed by atoms with Gasteiger partial charge in [0.2, 0.25) is 11.8 Å². The summed E-state index contributed by atoms with van der Waals surface area (Å²) in [5, 5.41) is 14.0. The summed E-state index contributed by atoms with van der Waals surface area (Å²) in [5.41, 5.74) is 0.126. The molecule has 28 heavy (non-hydrogen) atoms. The lowest BCUT2D eigenvalue weighted by Gasteiger charge is -2.16. The largest absolute Gasteiger partial charge is 0.352 e. The van der Waals surface area contributed by atoms with Crippen LogP contribution in [0.25, 0.3) is 0 Å². The first kappa shape index (κ1) is 20.3. The molecule has 1 unspecified atom stereocenters. The summed E-state index contributed by atoms with van der Waals surface area (Å²) in [5.74, 6) is -0.449. The summed E-state index contributed by atoms with van der Waals surface area (Å²) in [6, 6.07) is 6.25. The maximum atomic E-state index is 13.6. The molecular weight excluding hydrogens is 381 g/mol. The van der Waals surface area contributed by atoms with Crippen LogP contribution in [-0.2, 0) is 23.1 Å². The van der Waals surface area contributed by atoms with Gasteiger partial charge in [-0.15, -0.1) is 10.2 Å². The van der Waals surface area contributed by atoms with Crippen molar-refractivity contribution in [1.29, 1.82) is 0 Å². The van der Waals surface area contributed by atoms with Gasteiger partial charge in [-0.2, -0.15) is 0 Å². The van der Waals surface area contributed by atoms with Crippen LogP contribution in [-0.4, -0.2) is 37.9 Å². The smallest absolute Gasteiger partial charge is 0.233 e. The van der Waals surface area contributed by atoms with Crippen LogP contribution in [0.15, 0.2) is 29.4 Å². The molecule has 1 aromatic heterocycles. The van der Waals surface area contributed by atoms with Gasteiger partial charge in [0.25, 0.3) is 0 Å². The van der Waals surface area contributed by atoms with Crippen molar-refractivity contribution in [3.63, 3.8) is 0 Å². The number of benzene rings is 1. The van der Waals surface area contributed by atoms with Gasteiger partial charge in [-0.05, 0) is 31.9 Å². The highest BCUT2D eigenvalue weighted by molar-refractivity contribution is 8.00. The second-order valence-electron chi connectivity index (χ2n) is 6.91. The second-order valence-corrected chi connectivity index (χ2v) is 8.22. The maximum Gasteiger partial charge on any atom is 0.233 e. The summed E-state index contributed by atoms with van der Waals surface area (Å²) in [6.45, 7) is 1.83. The highest BCUT2D eigenvalue weighted by Crippen LogP contribution is 2.23. The molecule has 1 aromatic carbocycles. The standard InChI is InChI=1S/C19H24FN5O2S/c1-12(18(27)21-13-7-3-4-8-13)28-19-24-23-16(25(19)2)11-17(26)22-15-10-6-5-9-14(15)20/h5-6,9-10,12-13H,3-4,7-8,11H2,1-2H3,(H,21,27)(H,22,26). The minimum absolute atomic E-state index is 0.0151. The average Bonchev–Trinajstić information content (AvgIpc) is 3.29.